The Hall–Kier alpha value is -0.790. The molecule has 1 aromatic heterocycles. The second-order valence-electron chi connectivity index (χ2n) is 5.95. The number of hydrogen-bond acceptors (Lipinski definition) is 5. The summed E-state index contributed by atoms with van der Waals surface area (Å²) in [4.78, 5) is 8.60. The van der Waals surface area contributed by atoms with Gasteiger partial charge in [-0.2, -0.15) is 0 Å². The van der Waals surface area contributed by atoms with Crippen molar-refractivity contribution in [3.8, 4) is 0 Å². The van der Waals surface area contributed by atoms with Crippen LogP contribution in [0.1, 0.15) is 32.1 Å². The van der Waals surface area contributed by atoms with Crippen molar-refractivity contribution in [3.63, 3.8) is 0 Å². The van der Waals surface area contributed by atoms with Crippen LogP contribution >= 0.6 is 23.1 Å². The highest BCUT2D eigenvalue weighted by atomic mass is 32.2. The number of nitrogens with one attached hydrogen (secondary N) is 2. The number of hydrogen-bond donors (Lipinski definition) is 2. The molecule has 2 N–H and O–H groups in total. The normalized spacial score (nSPS) is 16.9. The minimum Gasteiger partial charge on any atom is -0.385 e. The van der Waals surface area contributed by atoms with Gasteiger partial charge in [-0.3, -0.25) is 4.99 Å². The van der Waals surface area contributed by atoms with Crippen molar-refractivity contribution >= 4 is 29.1 Å². The maximum Gasteiger partial charge on any atom is 0.190 e. The fourth-order valence-corrected chi connectivity index (χ4v) is 4.37. The molecule has 0 amide bonds. The number of thiazole rings is 1. The third-order valence-electron chi connectivity index (χ3n) is 4.35. The van der Waals surface area contributed by atoms with Gasteiger partial charge in [0.25, 0.3) is 0 Å². The predicted molar refractivity (Wildman–Crippen MR) is 99.6 cm³/mol. The van der Waals surface area contributed by atoms with Crippen molar-refractivity contribution in [2.75, 3.05) is 39.6 Å². The first-order valence-electron chi connectivity index (χ1n) is 8.24. The van der Waals surface area contributed by atoms with E-state index in [4.69, 9.17) is 4.74 Å². The molecule has 0 unspecified atom stereocenters. The first kappa shape index (κ1) is 18.5. The highest BCUT2D eigenvalue weighted by molar-refractivity contribution is 8.00. The molecule has 0 atom stereocenters. The molecule has 0 radical (unpaired) electrons. The maximum atomic E-state index is 5.25. The van der Waals surface area contributed by atoms with Crippen molar-refractivity contribution in [2.45, 2.75) is 36.4 Å². The van der Waals surface area contributed by atoms with Crippen molar-refractivity contribution in [2.24, 2.45) is 10.4 Å². The predicted octanol–water partition coefficient (Wildman–Crippen LogP) is 3.00. The van der Waals surface area contributed by atoms with Crippen molar-refractivity contribution in [3.05, 3.63) is 11.6 Å². The largest absolute Gasteiger partial charge is 0.385 e. The molecule has 0 bridgehead atoms. The van der Waals surface area contributed by atoms with Gasteiger partial charge in [0.1, 0.15) is 4.34 Å². The summed E-state index contributed by atoms with van der Waals surface area (Å²) in [5.74, 6) is 1.99. The van der Waals surface area contributed by atoms with Crippen molar-refractivity contribution < 1.29 is 4.74 Å². The van der Waals surface area contributed by atoms with Gasteiger partial charge in [-0.05, 0) is 31.1 Å². The van der Waals surface area contributed by atoms with Crippen LogP contribution in [0.15, 0.2) is 20.9 Å². The Balaban J connectivity index is 1.59. The molecule has 23 heavy (non-hydrogen) atoms. The summed E-state index contributed by atoms with van der Waals surface area (Å²) in [5, 5.41) is 8.92. The van der Waals surface area contributed by atoms with Gasteiger partial charge in [-0.25, -0.2) is 4.98 Å². The number of guanidine groups is 1. The Kier molecular flexibility index (Phi) is 8.19. The molecule has 2 rings (SSSR count). The molecule has 1 aromatic rings. The van der Waals surface area contributed by atoms with Crippen LogP contribution in [0.3, 0.4) is 0 Å². The molecule has 7 heteroatoms. The highest BCUT2D eigenvalue weighted by Crippen LogP contribution is 2.43. The van der Waals surface area contributed by atoms with Gasteiger partial charge in [0.15, 0.2) is 5.96 Å². The van der Waals surface area contributed by atoms with Gasteiger partial charge in [0.05, 0.1) is 0 Å². The van der Waals surface area contributed by atoms with Gasteiger partial charge < -0.3 is 15.4 Å². The molecule has 0 aliphatic heterocycles. The molecule has 0 saturated heterocycles. The topological polar surface area (TPSA) is 58.5 Å². The van der Waals surface area contributed by atoms with Gasteiger partial charge in [-0.15, -0.1) is 11.3 Å². The second kappa shape index (κ2) is 10.2. The van der Waals surface area contributed by atoms with E-state index in [-0.39, 0.29) is 0 Å². The van der Waals surface area contributed by atoms with Crippen LogP contribution in [0.2, 0.25) is 0 Å². The van der Waals surface area contributed by atoms with Gasteiger partial charge >= 0.3 is 0 Å². The minimum atomic E-state index is 0.411. The number of methoxy groups -OCH3 is 1. The van der Waals surface area contributed by atoms with Crippen LogP contribution in [0.25, 0.3) is 0 Å². The van der Waals surface area contributed by atoms with Gasteiger partial charge in [0, 0.05) is 51.2 Å². The lowest BCUT2D eigenvalue weighted by Crippen LogP contribution is -2.47. The average Bonchev–Trinajstić information content (AvgIpc) is 3.04. The fourth-order valence-electron chi connectivity index (χ4n) is 2.72. The summed E-state index contributed by atoms with van der Waals surface area (Å²) in [5.41, 5.74) is 0.411. The summed E-state index contributed by atoms with van der Waals surface area (Å²) in [6.45, 7) is 2.77. The van der Waals surface area contributed by atoms with E-state index in [2.05, 4.69) is 20.6 Å². The Labute approximate surface area is 147 Å². The number of ether oxygens (including phenoxy) is 1. The first-order chi connectivity index (χ1) is 11.3. The monoisotopic (exact) mass is 356 g/mol. The number of aromatic nitrogens is 1. The first-order valence-corrected chi connectivity index (χ1v) is 10.1. The van der Waals surface area contributed by atoms with E-state index in [0.29, 0.717) is 5.41 Å². The van der Waals surface area contributed by atoms with E-state index < -0.39 is 0 Å². The Morgan fingerprint density at radius 3 is 2.96 bits per heavy atom. The fraction of sp³-hybridized carbons (Fsp3) is 0.750. The summed E-state index contributed by atoms with van der Waals surface area (Å²) >= 11 is 3.52. The summed E-state index contributed by atoms with van der Waals surface area (Å²) < 4.78 is 6.40. The van der Waals surface area contributed by atoms with E-state index in [1.807, 2.05) is 30.4 Å². The summed E-state index contributed by atoms with van der Waals surface area (Å²) in [6.07, 6.45) is 8.02. The van der Waals surface area contributed by atoms with Crippen LogP contribution in [-0.2, 0) is 4.74 Å². The number of thioether (sulfide) groups is 1. The Bertz CT molecular complexity index is 461. The van der Waals surface area contributed by atoms with Gasteiger partial charge in [-0.1, -0.05) is 18.2 Å². The van der Waals surface area contributed by atoms with E-state index >= 15 is 0 Å². The van der Waals surface area contributed by atoms with Crippen LogP contribution < -0.4 is 10.6 Å². The molecule has 1 heterocycles. The molecular formula is C16H28N4OS2. The van der Waals surface area contributed by atoms with E-state index in [0.717, 1.165) is 48.6 Å². The lowest BCUT2D eigenvalue weighted by molar-refractivity contribution is 0.0732. The highest BCUT2D eigenvalue weighted by Gasteiger charge is 2.36. The smallest absolute Gasteiger partial charge is 0.190 e. The average molecular weight is 357 g/mol. The van der Waals surface area contributed by atoms with E-state index in [9.17, 15) is 0 Å². The van der Waals surface area contributed by atoms with Crippen LogP contribution in [0.4, 0.5) is 0 Å². The zero-order valence-corrected chi connectivity index (χ0v) is 15.8. The Morgan fingerprint density at radius 2 is 2.35 bits per heavy atom. The quantitative estimate of drug-likeness (QED) is 0.292. The van der Waals surface area contributed by atoms with Crippen molar-refractivity contribution in [1.29, 1.82) is 0 Å². The molecule has 1 saturated carbocycles. The molecule has 0 spiro atoms. The third-order valence-corrected chi connectivity index (χ3v) is 6.41. The molecule has 130 valence electrons. The van der Waals surface area contributed by atoms with E-state index in [1.54, 1.807) is 18.4 Å². The number of aliphatic imine (C=N–C) groups is 1. The molecule has 5 nitrogen and oxygen atoms in total. The molecule has 1 fully saturated rings. The van der Waals surface area contributed by atoms with Gasteiger partial charge in [0.2, 0.25) is 0 Å². The zero-order valence-electron chi connectivity index (χ0n) is 14.1. The number of rotatable bonds is 10. The Morgan fingerprint density at radius 1 is 1.48 bits per heavy atom. The summed E-state index contributed by atoms with van der Waals surface area (Å²) in [7, 11) is 3.62. The van der Waals surface area contributed by atoms with E-state index in [1.165, 1.54) is 19.3 Å². The molecule has 1 aliphatic rings. The standard InChI is InChI=1S/C16H28N4OS2/c1-17-14(18-8-4-11-22-15-19-9-12-23-15)20-13-16(5-3-6-16)7-10-21-2/h9,12H,3-8,10-11,13H2,1-2H3,(H2,17,18,20). The number of nitrogens with zero attached hydrogens (tertiary/aromatic N) is 2. The zero-order chi connectivity index (χ0) is 16.4. The van der Waals surface area contributed by atoms with Crippen LogP contribution in [0, 0.1) is 5.41 Å². The summed E-state index contributed by atoms with van der Waals surface area (Å²) in [6, 6.07) is 0. The molecule has 0 aromatic carbocycles. The SMILES string of the molecule is CN=C(NCCCSc1nccs1)NCC1(CCOC)CCC1. The van der Waals surface area contributed by atoms with Crippen LogP contribution in [0.5, 0.6) is 0 Å². The van der Waals surface area contributed by atoms with Crippen LogP contribution in [-0.4, -0.2) is 50.6 Å². The lowest BCUT2D eigenvalue weighted by atomic mass is 9.67. The molecular weight excluding hydrogens is 328 g/mol. The second-order valence-corrected chi connectivity index (χ2v) is 8.19. The lowest BCUT2D eigenvalue weighted by Gasteiger charge is -2.42. The van der Waals surface area contributed by atoms with Crippen molar-refractivity contribution in [1.82, 2.24) is 15.6 Å². The molecule has 1 aliphatic carbocycles. The minimum absolute atomic E-state index is 0.411. The third kappa shape index (κ3) is 6.31. The maximum absolute atomic E-state index is 5.25.